The first kappa shape index (κ1) is 16.2. The van der Waals surface area contributed by atoms with E-state index in [-0.39, 0.29) is 17.3 Å². The number of halogens is 2. The number of carboxylic acids is 1. The van der Waals surface area contributed by atoms with Crippen molar-refractivity contribution in [3.8, 4) is 0 Å². The number of anilines is 1. The minimum atomic E-state index is -1.43. The van der Waals surface area contributed by atoms with E-state index in [1.54, 1.807) is 6.92 Å². The van der Waals surface area contributed by atoms with Gasteiger partial charge in [0.1, 0.15) is 17.0 Å². The van der Waals surface area contributed by atoms with E-state index < -0.39 is 27.9 Å². The monoisotopic (exact) mass is 304 g/mol. The van der Waals surface area contributed by atoms with Gasteiger partial charge in [-0.1, -0.05) is 11.6 Å². The average molecular weight is 305 g/mol. The van der Waals surface area contributed by atoms with Gasteiger partial charge in [0, 0.05) is 18.7 Å². The Morgan fingerprint density at radius 3 is 2.50 bits per heavy atom. The van der Waals surface area contributed by atoms with Crippen LogP contribution in [0.3, 0.4) is 0 Å². The Kier molecular flexibility index (Phi) is 4.54. The zero-order valence-electron chi connectivity index (χ0n) is 11.2. The maximum Gasteiger partial charge on any atom is 0.328 e. The minimum absolute atomic E-state index is 0.119. The highest BCUT2D eigenvalue weighted by molar-refractivity contribution is 6.31. The van der Waals surface area contributed by atoms with E-state index in [0.29, 0.717) is 0 Å². The van der Waals surface area contributed by atoms with E-state index in [1.807, 2.05) is 0 Å². The molecular formula is C12H14ClFN2O4. The van der Waals surface area contributed by atoms with Crippen molar-refractivity contribution in [1.29, 1.82) is 0 Å². The summed E-state index contributed by atoms with van der Waals surface area (Å²) in [4.78, 5) is 22.9. The molecule has 0 aliphatic carbocycles. The highest BCUT2D eigenvalue weighted by atomic mass is 35.5. The van der Waals surface area contributed by atoms with Crippen LogP contribution in [0.15, 0.2) is 12.1 Å². The fraction of sp³-hybridized carbons (Fsp3) is 0.417. The lowest BCUT2D eigenvalue weighted by atomic mass is 10.0. The van der Waals surface area contributed by atoms with Crippen molar-refractivity contribution in [3.63, 3.8) is 0 Å². The topological polar surface area (TPSA) is 83.7 Å². The van der Waals surface area contributed by atoms with E-state index in [2.05, 4.69) is 0 Å². The van der Waals surface area contributed by atoms with Gasteiger partial charge in [-0.2, -0.15) is 0 Å². The van der Waals surface area contributed by atoms with Crippen molar-refractivity contribution in [1.82, 2.24) is 0 Å². The Morgan fingerprint density at radius 1 is 1.55 bits per heavy atom. The van der Waals surface area contributed by atoms with Crippen LogP contribution >= 0.6 is 11.6 Å². The van der Waals surface area contributed by atoms with Gasteiger partial charge in [-0.15, -0.1) is 0 Å². The summed E-state index contributed by atoms with van der Waals surface area (Å²) < 4.78 is 13.6. The molecule has 0 aromatic heterocycles. The molecule has 1 aromatic rings. The van der Waals surface area contributed by atoms with Crippen molar-refractivity contribution in [2.75, 3.05) is 11.4 Å². The van der Waals surface area contributed by atoms with Crippen LogP contribution in [0.25, 0.3) is 0 Å². The van der Waals surface area contributed by atoms with Gasteiger partial charge in [-0.25, -0.2) is 9.18 Å². The number of carbonyl (C=O) groups is 1. The van der Waals surface area contributed by atoms with Crippen molar-refractivity contribution in [2.45, 2.75) is 26.3 Å². The molecule has 8 heteroatoms. The lowest BCUT2D eigenvalue weighted by molar-refractivity contribution is -0.384. The molecular weight excluding hydrogens is 291 g/mol. The Hall–Kier alpha value is -1.89. The molecule has 110 valence electrons. The molecule has 0 aliphatic rings. The molecule has 1 aromatic carbocycles. The molecule has 0 radical (unpaired) electrons. The fourth-order valence-corrected chi connectivity index (χ4v) is 2.03. The summed E-state index contributed by atoms with van der Waals surface area (Å²) in [6, 6.07) is 1.77. The molecule has 0 aliphatic heterocycles. The highest BCUT2D eigenvalue weighted by Crippen LogP contribution is 2.36. The first-order valence-corrected chi connectivity index (χ1v) is 6.15. The highest BCUT2D eigenvalue weighted by Gasteiger charge is 2.37. The lowest BCUT2D eigenvalue weighted by Crippen LogP contribution is -2.50. The maximum absolute atomic E-state index is 13.6. The molecule has 0 unspecified atom stereocenters. The SMILES string of the molecule is CCN(c1cc(F)c(Cl)cc1[N+](=O)[O-])C(C)(C)C(=O)O. The average Bonchev–Trinajstić information content (AvgIpc) is 2.33. The molecule has 0 spiro atoms. The summed E-state index contributed by atoms with van der Waals surface area (Å²) in [7, 11) is 0. The lowest BCUT2D eigenvalue weighted by Gasteiger charge is -2.35. The molecule has 0 saturated carbocycles. The maximum atomic E-state index is 13.6. The van der Waals surface area contributed by atoms with Gasteiger partial charge in [0.05, 0.1) is 9.95 Å². The number of rotatable bonds is 5. The van der Waals surface area contributed by atoms with Crippen LogP contribution in [-0.2, 0) is 4.79 Å². The predicted molar refractivity (Wildman–Crippen MR) is 72.8 cm³/mol. The molecule has 0 fully saturated rings. The second kappa shape index (κ2) is 5.62. The van der Waals surface area contributed by atoms with Crippen LogP contribution < -0.4 is 4.90 Å². The van der Waals surface area contributed by atoms with E-state index >= 15 is 0 Å². The Labute approximate surface area is 119 Å². The first-order valence-electron chi connectivity index (χ1n) is 5.77. The minimum Gasteiger partial charge on any atom is -0.480 e. The molecule has 0 amide bonds. The van der Waals surface area contributed by atoms with Crippen LogP contribution in [-0.4, -0.2) is 28.1 Å². The smallest absolute Gasteiger partial charge is 0.328 e. The summed E-state index contributed by atoms with van der Waals surface area (Å²) >= 11 is 5.54. The number of nitro benzene ring substituents is 1. The summed E-state index contributed by atoms with van der Waals surface area (Å²) in [5, 5.41) is 19.9. The van der Waals surface area contributed by atoms with Crippen molar-refractivity contribution in [3.05, 3.63) is 33.1 Å². The number of nitrogens with zero attached hydrogens (tertiary/aromatic N) is 2. The largest absolute Gasteiger partial charge is 0.480 e. The summed E-state index contributed by atoms with van der Waals surface area (Å²) in [6.07, 6.45) is 0. The van der Waals surface area contributed by atoms with Crippen molar-refractivity contribution in [2.24, 2.45) is 0 Å². The zero-order chi connectivity index (χ0) is 15.7. The third-order valence-corrected chi connectivity index (χ3v) is 3.31. The fourth-order valence-electron chi connectivity index (χ4n) is 1.87. The summed E-state index contributed by atoms with van der Waals surface area (Å²) in [5.41, 5.74) is -1.99. The van der Waals surface area contributed by atoms with Gasteiger partial charge < -0.3 is 10.0 Å². The number of carboxylic acid groups (broad SMARTS) is 1. The normalized spacial score (nSPS) is 11.2. The van der Waals surface area contributed by atoms with Crippen LogP contribution in [0.1, 0.15) is 20.8 Å². The second-order valence-corrected chi connectivity index (χ2v) is 5.03. The van der Waals surface area contributed by atoms with Crippen molar-refractivity contribution >= 4 is 28.9 Å². The summed E-state index contributed by atoms with van der Waals surface area (Å²) in [5.74, 6) is -2.02. The van der Waals surface area contributed by atoms with Crippen LogP contribution in [0.5, 0.6) is 0 Å². The molecule has 0 bridgehead atoms. The molecule has 1 rings (SSSR count). The van der Waals surface area contributed by atoms with E-state index in [1.165, 1.54) is 18.7 Å². The molecule has 0 heterocycles. The number of hydrogen-bond acceptors (Lipinski definition) is 4. The predicted octanol–water partition coefficient (Wildman–Crippen LogP) is 3.08. The number of hydrogen-bond donors (Lipinski definition) is 1. The van der Waals surface area contributed by atoms with E-state index in [9.17, 15) is 24.4 Å². The Balaban J connectivity index is 3.53. The third kappa shape index (κ3) is 2.82. The van der Waals surface area contributed by atoms with Gasteiger partial charge in [-0.3, -0.25) is 10.1 Å². The van der Waals surface area contributed by atoms with Gasteiger partial charge >= 0.3 is 5.97 Å². The summed E-state index contributed by atoms with van der Waals surface area (Å²) in [6.45, 7) is 4.55. The number of nitro groups is 1. The van der Waals surface area contributed by atoms with Crippen LogP contribution in [0.4, 0.5) is 15.8 Å². The van der Waals surface area contributed by atoms with Crippen LogP contribution in [0.2, 0.25) is 5.02 Å². The third-order valence-electron chi connectivity index (χ3n) is 3.02. The molecule has 6 nitrogen and oxygen atoms in total. The van der Waals surface area contributed by atoms with E-state index in [0.717, 1.165) is 12.1 Å². The van der Waals surface area contributed by atoms with E-state index in [4.69, 9.17) is 11.6 Å². The first-order chi connectivity index (χ1) is 9.12. The second-order valence-electron chi connectivity index (χ2n) is 4.62. The van der Waals surface area contributed by atoms with Gasteiger partial charge in [-0.05, 0) is 20.8 Å². The molecule has 1 N–H and O–H groups in total. The Bertz CT molecular complexity index is 563. The number of likely N-dealkylation sites (N-methyl/N-ethyl adjacent to an activating group) is 1. The quantitative estimate of drug-likeness (QED) is 0.667. The number of benzene rings is 1. The molecule has 0 saturated heterocycles. The molecule has 20 heavy (non-hydrogen) atoms. The number of aliphatic carboxylic acids is 1. The van der Waals surface area contributed by atoms with Gasteiger partial charge in [0.25, 0.3) is 5.69 Å². The standard InChI is InChI=1S/C12H14ClFN2O4/c1-4-15(12(2,3)11(17)18)9-6-8(14)7(13)5-10(9)16(19)20/h5-6H,4H2,1-3H3,(H,17,18). The van der Waals surface area contributed by atoms with Gasteiger partial charge in [0.2, 0.25) is 0 Å². The van der Waals surface area contributed by atoms with Crippen LogP contribution in [0, 0.1) is 15.9 Å². The zero-order valence-corrected chi connectivity index (χ0v) is 11.9. The van der Waals surface area contributed by atoms with Crippen molar-refractivity contribution < 1.29 is 19.2 Å². The van der Waals surface area contributed by atoms with Gasteiger partial charge in [0.15, 0.2) is 0 Å². The molecule has 0 atom stereocenters. The Morgan fingerprint density at radius 2 is 2.10 bits per heavy atom.